The topological polar surface area (TPSA) is 12.0 Å². The lowest BCUT2D eigenvalue weighted by atomic mass is 10.1. The van der Waals surface area contributed by atoms with Gasteiger partial charge >= 0.3 is 5.51 Å². The van der Waals surface area contributed by atoms with Gasteiger partial charge in [-0.3, -0.25) is 0 Å². The van der Waals surface area contributed by atoms with Gasteiger partial charge in [0, 0.05) is 17.1 Å². The third kappa shape index (κ3) is 4.70. The van der Waals surface area contributed by atoms with E-state index >= 15 is 0 Å². The van der Waals surface area contributed by atoms with Crippen LogP contribution < -0.4 is 5.32 Å². The zero-order valence-electron chi connectivity index (χ0n) is 11.8. The van der Waals surface area contributed by atoms with Crippen LogP contribution in [0.4, 0.5) is 18.9 Å². The predicted octanol–water partition coefficient (Wildman–Crippen LogP) is 5.53. The molecule has 2 aromatic carbocycles. The molecular formula is C16H16F3NS. The molecule has 0 aliphatic carbocycles. The molecule has 0 aromatic heterocycles. The Morgan fingerprint density at radius 3 is 2.43 bits per heavy atom. The minimum absolute atomic E-state index is 0.0933. The summed E-state index contributed by atoms with van der Waals surface area (Å²) in [6, 6.07) is 12.5. The van der Waals surface area contributed by atoms with Crippen molar-refractivity contribution >= 4 is 17.4 Å². The molecule has 0 radical (unpaired) electrons. The second-order valence-electron chi connectivity index (χ2n) is 4.83. The summed E-state index contributed by atoms with van der Waals surface area (Å²) in [5, 5.41) is 3.09. The van der Waals surface area contributed by atoms with Gasteiger partial charge in [0.05, 0.1) is 0 Å². The summed E-state index contributed by atoms with van der Waals surface area (Å²) in [5.41, 5.74) is -0.405. The normalized spacial score (nSPS) is 11.5. The fourth-order valence-electron chi connectivity index (χ4n) is 2.06. The van der Waals surface area contributed by atoms with Gasteiger partial charge in [-0.05, 0) is 48.9 Å². The van der Waals surface area contributed by atoms with E-state index in [1.165, 1.54) is 11.6 Å². The Balaban J connectivity index is 2.13. The molecule has 112 valence electrons. The van der Waals surface area contributed by atoms with Gasteiger partial charge in [-0.25, -0.2) is 0 Å². The van der Waals surface area contributed by atoms with Crippen molar-refractivity contribution in [1.29, 1.82) is 0 Å². The van der Waals surface area contributed by atoms with Crippen LogP contribution in [0.15, 0.2) is 47.4 Å². The number of hydrogen-bond donors (Lipinski definition) is 1. The Bertz CT molecular complexity index is 623. The average molecular weight is 311 g/mol. The molecule has 0 fully saturated rings. The van der Waals surface area contributed by atoms with Gasteiger partial charge in [0.15, 0.2) is 0 Å². The minimum atomic E-state index is -4.28. The van der Waals surface area contributed by atoms with Crippen LogP contribution in [0, 0.1) is 13.8 Å². The molecule has 0 saturated carbocycles. The molecule has 5 heteroatoms. The average Bonchev–Trinajstić information content (AvgIpc) is 2.37. The number of aryl methyl sites for hydroxylation is 2. The van der Waals surface area contributed by atoms with Crippen LogP contribution in [0.3, 0.4) is 0 Å². The van der Waals surface area contributed by atoms with Gasteiger partial charge in [-0.1, -0.05) is 35.9 Å². The third-order valence-corrected chi connectivity index (χ3v) is 3.89. The van der Waals surface area contributed by atoms with E-state index in [4.69, 9.17) is 0 Å². The second kappa shape index (κ2) is 6.43. The molecule has 0 amide bonds. The summed E-state index contributed by atoms with van der Waals surface area (Å²) in [4.78, 5) is 0.190. The summed E-state index contributed by atoms with van der Waals surface area (Å²) >= 11 is -0.0933. The summed E-state index contributed by atoms with van der Waals surface area (Å²) in [7, 11) is 0. The van der Waals surface area contributed by atoms with E-state index in [9.17, 15) is 13.2 Å². The smallest absolute Gasteiger partial charge is 0.380 e. The van der Waals surface area contributed by atoms with Crippen LogP contribution in [-0.4, -0.2) is 5.51 Å². The van der Waals surface area contributed by atoms with E-state index in [2.05, 4.69) is 11.4 Å². The van der Waals surface area contributed by atoms with Crippen molar-refractivity contribution < 1.29 is 13.2 Å². The van der Waals surface area contributed by atoms with Crippen molar-refractivity contribution in [1.82, 2.24) is 0 Å². The van der Waals surface area contributed by atoms with Crippen LogP contribution in [0.25, 0.3) is 0 Å². The summed E-state index contributed by atoms with van der Waals surface area (Å²) in [6.45, 7) is 4.52. The maximum absolute atomic E-state index is 12.5. The summed E-state index contributed by atoms with van der Waals surface area (Å²) in [5.74, 6) is 0. The van der Waals surface area contributed by atoms with E-state index in [0.717, 1.165) is 11.1 Å². The maximum atomic E-state index is 12.5. The van der Waals surface area contributed by atoms with Gasteiger partial charge in [-0.15, -0.1) is 0 Å². The largest absolute Gasteiger partial charge is 0.446 e. The first kappa shape index (κ1) is 15.8. The van der Waals surface area contributed by atoms with Crippen LogP contribution in [0.1, 0.15) is 16.7 Å². The van der Waals surface area contributed by atoms with Crippen molar-refractivity contribution in [3.8, 4) is 0 Å². The first-order valence-corrected chi connectivity index (χ1v) is 7.31. The molecule has 2 rings (SSSR count). The number of para-hydroxylation sites is 1. The summed E-state index contributed by atoms with van der Waals surface area (Å²) < 4.78 is 37.6. The maximum Gasteiger partial charge on any atom is 0.446 e. The molecule has 1 N–H and O–H groups in total. The Kier molecular flexibility index (Phi) is 4.83. The molecule has 21 heavy (non-hydrogen) atoms. The molecule has 0 aliphatic rings. The van der Waals surface area contributed by atoms with E-state index in [-0.39, 0.29) is 16.7 Å². The number of thioether (sulfide) groups is 1. The number of benzene rings is 2. The number of alkyl halides is 3. The third-order valence-electron chi connectivity index (χ3n) is 3.08. The monoisotopic (exact) mass is 311 g/mol. The lowest BCUT2D eigenvalue weighted by Gasteiger charge is -2.14. The highest BCUT2D eigenvalue weighted by Gasteiger charge is 2.30. The van der Waals surface area contributed by atoms with Crippen molar-refractivity contribution in [2.24, 2.45) is 0 Å². The fraction of sp³-hybridized carbons (Fsp3) is 0.250. The molecule has 0 atom stereocenters. The van der Waals surface area contributed by atoms with Crippen LogP contribution >= 0.6 is 11.8 Å². The first-order valence-electron chi connectivity index (χ1n) is 6.50. The Hall–Kier alpha value is -1.62. The molecule has 0 saturated heterocycles. The van der Waals surface area contributed by atoms with Crippen LogP contribution in [0.2, 0.25) is 0 Å². The SMILES string of the molecule is Cc1ccc(CNc2ccccc2SC(F)(F)F)c(C)c1. The molecular weight excluding hydrogens is 295 g/mol. The predicted molar refractivity (Wildman–Crippen MR) is 81.6 cm³/mol. The Morgan fingerprint density at radius 2 is 1.76 bits per heavy atom. The first-order chi connectivity index (χ1) is 9.85. The fourth-order valence-corrected chi connectivity index (χ4v) is 2.71. The number of nitrogens with one attached hydrogen (secondary N) is 1. The Labute approximate surface area is 126 Å². The van der Waals surface area contributed by atoms with Gasteiger partial charge < -0.3 is 5.32 Å². The lowest BCUT2D eigenvalue weighted by molar-refractivity contribution is -0.0327. The molecule has 0 spiro atoms. The van der Waals surface area contributed by atoms with E-state index in [0.29, 0.717) is 12.2 Å². The molecule has 0 heterocycles. The quantitative estimate of drug-likeness (QED) is 0.745. The van der Waals surface area contributed by atoms with Crippen molar-refractivity contribution in [2.75, 3.05) is 5.32 Å². The number of anilines is 1. The van der Waals surface area contributed by atoms with E-state index < -0.39 is 5.51 Å². The minimum Gasteiger partial charge on any atom is -0.380 e. The zero-order chi connectivity index (χ0) is 15.5. The highest BCUT2D eigenvalue weighted by atomic mass is 32.2. The van der Waals surface area contributed by atoms with Gasteiger partial charge in [-0.2, -0.15) is 13.2 Å². The van der Waals surface area contributed by atoms with E-state index in [1.807, 2.05) is 26.0 Å². The van der Waals surface area contributed by atoms with Gasteiger partial charge in [0.1, 0.15) is 0 Å². The number of halogens is 3. The van der Waals surface area contributed by atoms with Gasteiger partial charge in [0.2, 0.25) is 0 Å². The number of rotatable bonds is 4. The lowest BCUT2D eigenvalue weighted by Crippen LogP contribution is -2.05. The highest BCUT2D eigenvalue weighted by molar-refractivity contribution is 8.00. The molecule has 0 bridgehead atoms. The second-order valence-corrected chi connectivity index (χ2v) is 5.93. The van der Waals surface area contributed by atoms with Gasteiger partial charge in [0.25, 0.3) is 0 Å². The Morgan fingerprint density at radius 1 is 1.05 bits per heavy atom. The number of hydrogen-bond acceptors (Lipinski definition) is 2. The van der Waals surface area contributed by atoms with E-state index in [1.54, 1.807) is 18.2 Å². The van der Waals surface area contributed by atoms with Crippen molar-refractivity contribution in [3.63, 3.8) is 0 Å². The highest BCUT2D eigenvalue weighted by Crippen LogP contribution is 2.40. The summed E-state index contributed by atoms with van der Waals surface area (Å²) in [6.07, 6.45) is 0. The van der Waals surface area contributed by atoms with Crippen LogP contribution in [-0.2, 0) is 6.54 Å². The zero-order valence-corrected chi connectivity index (χ0v) is 12.6. The van der Waals surface area contributed by atoms with Crippen LogP contribution in [0.5, 0.6) is 0 Å². The molecule has 0 aliphatic heterocycles. The molecule has 1 nitrogen and oxygen atoms in total. The van der Waals surface area contributed by atoms with Crippen molar-refractivity contribution in [2.45, 2.75) is 30.8 Å². The molecule has 0 unspecified atom stereocenters. The van der Waals surface area contributed by atoms with Crippen molar-refractivity contribution in [3.05, 3.63) is 59.2 Å². The molecule has 2 aromatic rings. The standard InChI is InChI=1S/C16H16F3NS/c1-11-7-8-13(12(2)9-11)10-20-14-5-3-4-6-15(14)21-16(17,18)19/h3-9,20H,10H2,1-2H3.